The molecule has 5 heterocycles. The molecule has 7 rings (SSSR count). The van der Waals surface area contributed by atoms with E-state index in [1.54, 1.807) is 17.1 Å². The molecule has 0 radical (unpaired) electrons. The maximum absolute atomic E-state index is 12.1. The Hall–Kier alpha value is -4.22. The van der Waals surface area contributed by atoms with Gasteiger partial charge in [0.15, 0.2) is 5.65 Å². The zero-order valence-electron chi connectivity index (χ0n) is 20.0. The number of hydrogen-bond acceptors (Lipinski definition) is 7. The maximum atomic E-state index is 12.1. The number of fused-ring (bicyclic) bond motifs is 5. The molecule has 184 valence electrons. The number of nitrogens with zero attached hydrogens (tertiary/aromatic N) is 7. The Balaban J connectivity index is 1.26. The molecule has 1 N–H and O–H groups in total. The predicted octanol–water partition coefficient (Wildman–Crippen LogP) is 3.28. The summed E-state index contributed by atoms with van der Waals surface area (Å²) < 4.78 is 27.6. The van der Waals surface area contributed by atoms with E-state index >= 15 is 0 Å². The first kappa shape index (κ1) is 22.0. The van der Waals surface area contributed by atoms with E-state index in [-0.39, 0.29) is 0 Å². The van der Waals surface area contributed by atoms with Crippen LogP contribution in [0.15, 0.2) is 60.9 Å². The summed E-state index contributed by atoms with van der Waals surface area (Å²) in [5.41, 5.74) is 7.76. The molecule has 1 aliphatic rings. The van der Waals surface area contributed by atoms with Crippen LogP contribution in [0.5, 0.6) is 0 Å². The predicted molar refractivity (Wildman–Crippen MR) is 140 cm³/mol. The molecule has 10 nitrogen and oxygen atoms in total. The van der Waals surface area contributed by atoms with Gasteiger partial charge in [-0.15, -0.1) is 5.10 Å². The Morgan fingerprint density at radius 2 is 2.00 bits per heavy atom. The summed E-state index contributed by atoms with van der Waals surface area (Å²) in [5.74, 6) is 0. The maximum Gasteiger partial charge on any atom is 0.221 e. The number of H-pyrrole nitrogens is 1. The van der Waals surface area contributed by atoms with Gasteiger partial charge in [0.05, 0.1) is 30.2 Å². The summed E-state index contributed by atoms with van der Waals surface area (Å²) in [6.07, 6.45) is 5.40. The van der Waals surface area contributed by atoms with Gasteiger partial charge in [0.25, 0.3) is 0 Å². The second-order valence-corrected chi connectivity index (χ2v) is 11.4. The monoisotopic (exact) mass is 510 g/mol. The first-order valence-electron chi connectivity index (χ1n) is 11.9. The summed E-state index contributed by atoms with van der Waals surface area (Å²) in [6.45, 7) is 1.35. The van der Waals surface area contributed by atoms with Gasteiger partial charge in [-0.25, -0.2) is 23.1 Å². The van der Waals surface area contributed by atoms with Crippen LogP contribution in [0.3, 0.4) is 0 Å². The molecule has 0 fully saturated rings. The van der Waals surface area contributed by atoms with Crippen molar-refractivity contribution < 1.29 is 8.42 Å². The van der Waals surface area contributed by atoms with Crippen LogP contribution in [-0.4, -0.2) is 60.5 Å². The van der Waals surface area contributed by atoms with Crippen LogP contribution >= 0.6 is 0 Å². The SMILES string of the molecule is CS(=O)(=O)N1CCc2[nH]c3ccc(-c4cnc5nnn(Cc6ccc7ncccc7c6)c5n4)cc3c2C1. The van der Waals surface area contributed by atoms with Crippen molar-refractivity contribution in [3.8, 4) is 11.3 Å². The lowest BCUT2D eigenvalue weighted by molar-refractivity contribution is 0.395. The van der Waals surface area contributed by atoms with Gasteiger partial charge in [0.1, 0.15) is 0 Å². The van der Waals surface area contributed by atoms with E-state index in [0.29, 0.717) is 43.0 Å². The van der Waals surface area contributed by atoms with Gasteiger partial charge in [-0.1, -0.05) is 23.4 Å². The number of benzene rings is 2. The number of sulfonamides is 1. The van der Waals surface area contributed by atoms with Crippen LogP contribution in [0.1, 0.15) is 16.8 Å². The van der Waals surface area contributed by atoms with Crippen LogP contribution in [0, 0.1) is 0 Å². The van der Waals surface area contributed by atoms with Crippen LogP contribution in [0.4, 0.5) is 0 Å². The molecule has 0 atom stereocenters. The number of hydrogen-bond donors (Lipinski definition) is 1. The largest absolute Gasteiger partial charge is 0.358 e. The van der Waals surface area contributed by atoms with E-state index in [1.807, 2.05) is 36.4 Å². The second kappa shape index (κ2) is 8.15. The number of aromatic nitrogens is 7. The number of pyridine rings is 1. The van der Waals surface area contributed by atoms with E-state index in [2.05, 4.69) is 37.4 Å². The minimum Gasteiger partial charge on any atom is -0.358 e. The fourth-order valence-electron chi connectivity index (χ4n) is 5.03. The number of nitrogens with one attached hydrogen (secondary N) is 1. The molecule has 11 heteroatoms. The normalized spacial score (nSPS) is 14.5. The van der Waals surface area contributed by atoms with Gasteiger partial charge < -0.3 is 4.98 Å². The highest BCUT2D eigenvalue weighted by atomic mass is 32.2. The Morgan fingerprint density at radius 3 is 2.89 bits per heavy atom. The minimum absolute atomic E-state index is 0.361. The summed E-state index contributed by atoms with van der Waals surface area (Å²) in [5, 5.41) is 10.6. The Bertz CT molecular complexity index is 1940. The summed E-state index contributed by atoms with van der Waals surface area (Å²) in [6, 6.07) is 16.1. The average molecular weight is 511 g/mol. The van der Waals surface area contributed by atoms with Gasteiger partial charge in [0.2, 0.25) is 15.7 Å². The van der Waals surface area contributed by atoms with Crippen LogP contribution in [0.2, 0.25) is 0 Å². The molecule has 1 aliphatic heterocycles. The van der Waals surface area contributed by atoms with Crippen molar-refractivity contribution in [3.05, 3.63) is 77.7 Å². The summed E-state index contributed by atoms with van der Waals surface area (Å²) in [7, 11) is -3.26. The minimum atomic E-state index is -3.26. The fraction of sp³-hybridized carbons (Fsp3) is 0.192. The number of rotatable bonds is 4. The average Bonchev–Trinajstić information content (AvgIpc) is 3.48. The molecule has 0 bridgehead atoms. The van der Waals surface area contributed by atoms with E-state index in [4.69, 9.17) is 4.98 Å². The molecule has 0 saturated carbocycles. The molecular weight excluding hydrogens is 488 g/mol. The highest BCUT2D eigenvalue weighted by Gasteiger charge is 2.26. The third-order valence-electron chi connectivity index (χ3n) is 6.93. The van der Waals surface area contributed by atoms with Crippen molar-refractivity contribution in [2.24, 2.45) is 0 Å². The zero-order chi connectivity index (χ0) is 25.1. The molecule has 0 saturated heterocycles. The molecule has 0 aliphatic carbocycles. The van der Waals surface area contributed by atoms with Crippen molar-refractivity contribution in [2.75, 3.05) is 12.8 Å². The second-order valence-electron chi connectivity index (χ2n) is 9.37. The van der Waals surface area contributed by atoms with Gasteiger partial charge >= 0.3 is 0 Å². The number of aromatic amines is 1. The van der Waals surface area contributed by atoms with E-state index < -0.39 is 10.0 Å². The molecule has 37 heavy (non-hydrogen) atoms. The lowest BCUT2D eigenvalue weighted by Gasteiger charge is -2.24. The molecule has 2 aromatic carbocycles. The van der Waals surface area contributed by atoms with Crippen LogP contribution in [-0.2, 0) is 29.5 Å². The highest BCUT2D eigenvalue weighted by molar-refractivity contribution is 7.88. The van der Waals surface area contributed by atoms with Crippen LogP contribution in [0.25, 0.3) is 44.4 Å². The topological polar surface area (TPSA) is 123 Å². The van der Waals surface area contributed by atoms with Crippen molar-refractivity contribution in [1.29, 1.82) is 0 Å². The first-order chi connectivity index (χ1) is 17.9. The third kappa shape index (κ3) is 3.83. The van der Waals surface area contributed by atoms with E-state index in [1.165, 1.54) is 10.6 Å². The lowest BCUT2D eigenvalue weighted by Crippen LogP contribution is -2.34. The van der Waals surface area contributed by atoms with Gasteiger partial charge in [-0.2, -0.15) is 4.31 Å². The first-order valence-corrected chi connectivity index (χ1v) is 13.8. The van der Waals surface area contributed by atoms with Crippen molar-refractivity contribution >= 4 is 43.1 Å². The Labute approximate surface area is 212 Å². The third-order valence-corrected chi connectivity index (χ3v) is 8.18. The zero-order valence-corrected chi connectivity index (χ0v) is 20.8. The molecule has 0 amide bonds. The van der Waals surface area contributed by atoms with Crippen LogP contribution < -0.4 is 0 Å². The van der Waals surface area contributed by atoms with E-state index in [0.717, 1.165) is 44.2 Å². The molecular formula is C26H22N8O2S. The standard InChI is InChI=1S/C26H22N8O2S/c1-37(35,36)33-10-8-23-20(15-33)19-12-18(5-7-22(19)29-23)24-13-28-25-26(30-24)34(32-31-25)14-16-4-6-21-17(11-16)3-2-9-27-21/h2-7,9,11-13,29H,8,10,14-15H2,1H3. The van der Waals surface area contributed by atoms with E-state index in [9.17, 15) is 8.42 Å². The van der Waals surface area contributed by atoms with Gasteiger partial charge in [0, 0.05) is 53.3 Å². The van der Waals surface area contributed by atoms with Crippen molar-refractivity contribution in [3.63, 3.8) is 0 Å². The smallest absolute Gasteiger partial charge is 0.221 e. The molecule has 0 spiro atoms. The molecule has 6 aromatic rings. The highest BCUT2D eigenvalue weighted by Crippen LogP contribution is 2.32. The van der Waals surface area contributed by atoms with Crippen molar-refractivity contribution in [2.45, 2.75) is 19.5 Å². The van der Waals surface area contributed by atoms with Gasteiger partial charge in [-0.3, -0.25) is 4.98 Å². The Morgan fingerprint density at radius 1 is 1.08 bits per heavy atom. The quantitative estimate of drug-likeness (QED) is 0.386. The summed E-state index contributed by atoms with van der Waals surface area (Å²) >= 11 is 0. The summed E-state index contributed by atoms with van der Waals surface area (Å²) in [4.78, 5) is 17.2. The molecule has 4 aromatic heterocycles. The molecule has 0 unspecified atom stereocenters. The lowest BCUT2D eigenvalue weighted by atomic mass is 10.0. The van der Waals surface area contributed by atoms with Crippen molar-refractivity contribution in [1.82, 2.24) is 39.2 Å². The Kier molecular flexibility index (Phi) is 4.85. The van der Waals surface area contributed by atoms with Gasteiger partial charge in [-0.05, 0) is 41.5 Å². The fourth-order valence-corrected chi connectivity index (χ4v) is 5.82.